The molecule has 1 heterocycles. The van der Waals surface area contributed by atoms with E-state index < -0.39 is 17.9 Å². The number of aliphatic hydroxyl groups excluding tert-OH is 1. The van der Waals surface area contributed by atoms with Crippen LogP contribution in [0.4, 0.5) is 4.79 Å². The first-order chi connectivity index (χ1) is 5.49. The molecule has 1 aliphatic heterocycles. The molecule has 0 spiro atoms. The molecule has 1 rings (SSSR count). The number of carboxylic acid groups (broad SMARTS) is 1. The van der Waals surface area contributed by atoms with Crippen LogP contribution in [-0.4, -0.2) is 46.2 Å². The van der Waals surface area contributed by atoms with Gasteiger partial charge in [-0.1, -0.05) is 0 Å². The molecule has 1 atom stereocenters. The van der Waals surface area contributed by atoms with Gasteiger partial charge in [0.25, 0.3) is 0 Å². The van der Waals surface area contributed by atoms with Crippen LogP contribution in [0.15, 0.2) is 0 Å². The Labute approximate surface area is 70.5 Å². The number of amides is 1. The number of carbonyl (C=O) groups is 1. The third kappa shape index (κ3) is 1.37. The summed E-state index contributed by atoms with van der Waals surface area (Å²) in [5.74, 6) is 0. The van der Waals surface area contributed by atoms with Crippen molar-refractivity contribution in [1.82, 2.24) is 4.90 Å². The van der Waals surface area contributed by atoms with Crippen molar-refractivity contribution in [1.29, 1.82) is 0 Å². The lowest BCUT2D eigenvalue weighted by molar-refractivity contribution is -0.0433. The van der Waals surface area contributed by atoms with Gasteiger partial charge in [0, 0.05) is 0 Å². The number of rotatable bonds is 1. The van der Waals surface area contributed by atoms with Crippen molar-refractivity contribution in [3.05, 3.63) is 0 Å². The van der Waals surface area contributed by atoms with Gasteiger partial charge in [-0.2, -0.15) is 0 Å². The molecule has 0 aromatic rings. The second kappa shape index (κ2) is 2.91. The molecule has 2 N–H and O–H groups in total. The van der Waals surface area contributed by atoms with Crippen LogP contribution in [0.25, 0.3) is 0 Å². The van der Waals surface area contributed by atoms with E-state index in [0.29, 0.717) is 0 Å². The van der Waals surface area contributed by atoms with Crippen molar-refractivity contribution in [3.63, 3.8) is 0 Å². The Morgan fingerprint density at radius 1 is 1.75 bits per heavy atom. The van der Waals surface area contributed by atoms with Crippen LogP contribution < -0.4 is 0 Å². The van der Waals surface area contributed by atoms with Crippen molar-refractivity contribution in [2.75, 3.05) is 13.2 Å². The molecule has 12 heavy (non-hydrogen) atoms. The van der Waals surface area contributed by atoms with E-state index in [1.807, 2.05) is 0 Å². The summed E-state index contributed by atoms with van der Waals surface area (Å²) in [5.41, 5.74) is -0.820. The van der Waals surface area contributed by atoms with Crippen LogP contribution in [0.5, 0.6) is 0 Å². The Hall–Kier alpha value is -0.810. The van der Waals surface area contributed by atoms with Gasteiger partial charge in [0.15, 0.2) is 0 Å². The minimum absolute atomic E-state index is 0.199. The Bertz CT molecular complexity index is 192. The molecule has 0 aromatic carbocycles. The molecule has 70 valence electrons. The first-order valence-corrected chi connectivity index (χ1v) is 3.76. The minimum atomic E-state index is -1.06. The van der Waals surface area contributed by atoms with Crippen LogP contribution >= 0.6 is 0 Å². The molecular weight excluding hydrogens is 162 g/mol. The number of aliphatic hydroxyl groups is 1. The van der Waals surface area contributed by atoms with E-state index in [2.05, 4.69) is 0 Å². The van der Waals surface area contributed by atoms with E-state index in [1.54, 1.807) is 13.8 Å². The first kappa shape index (κ1) is 9.28. The van der Waals surface area contributed by atoms with Gasteiger partial charge in [0.05, 0.1) is 19.3 Å². The molecule has 1 saturated heterocycles. The van der Waals surface area contributed by atoms with E-state index in [4.69, 9.17) is 14.9 Å². The lowest BCUT2D eigenvalue weighted by Gasteiger charge is -2.30. The maximum atomic E-state index is 10.7. The average Bonchev–Trinajstić information content (AvgIpc) is 2.24. The second-order valence-corrected chi connectivity index (χ2v) is 3.25. The van der Waals surface area contributed by atoms with Crippen LogP contribution in [0, 0.1) is 0 Å². The normalized spacial score (nSPS) is 27.6. The summed E-state index contributed by atoms with van der Waals surface area (Å²) < 4.78 is 5.20. The predicted octanol–water partition coefficient (Wildman–Crippen LogP) is 0.0936. The van der Waals surface area contributed by atoms with Gasteiger partial charge in [0.1, 0.15) is 5.72 Å². The molecule has 5 heteroatoms. The highest BCUT2D eigenvalue weighted by Gasteiger charge is 2.43. The van der Waals surface area contributed by atoms with E-state index in [9.17, 15) is 4.79 Å². The summed E-state index contributed by atoms with van der Waals surface area (Å²) >= 11 is 0. The van der Waals surface area contributed by atoms with E-state index in [-0.39, 0.29) is 13.2 Å². The zero-order valence-electron chi connectivity index (χ0n) is 7.15. The van der Waals surface area contributed by atoms with Crippen LogP contribution in [0.1, 0.15) is 13.8 Å². The van der Waals surface area contributed by atoms with Gasteiger partial charge >= 0.3 is 6.09 Å². The van der Waals surface area contributed by atoms with Gasteiger partial charge in [-0.15, -0.1) is 0 Å². The van der Waals surface area contributed by atoms with Gasteiger partial charge < -0.3 is 14.9 Å². The van der Waals surface area contributed by atoms with Gasteiger partial charge in [-0.25, -0.2) is 4.79 Å². The van der Waals surface area contributed by atoms with Gasteiger partial charge in [0.2, 0.25) is 0 Å². The highest BCUT2D eigenvalue weighted by atomic mass is 16.5. The Balaban J connectivity index is 2.80. The lowest BCUT2D eigenvalue weighted by Crippen LogP contribution is -2.48. The fourth-order valence-corrected chi connectivity index (χ4v) is 1.40. The summed E-state index contributed by atoms with van der Waals surface area (Å²) in [6.45, 7) is 3.39. The summed E-state index contributed by atoms with van der Waals surface area (Å²) in [4.78, 5) is 11.9. The maximum absolute atomic E-state index is 10.7. The Morgan fingerprint density at radius 3 is 2.67 bits per heavy atom. The Kier molecular flexibility index (Phi) is 2.25. The molecular formula is C7H13NO4. The number of hydrogen-bond donors (Lipinski definition) is 2. The molecule has 1 aliphatic rings. The summed E-state index contributed by atoms with van der Waals surface area (Å²) in [6.07, 6.45) is -1.06. The summed E-state index contributed by atoms with van der Waals surface area (Å²) in [7, 11) is 0. The van der Waals surface area contributed by atoms with Crippen molar-refractivity contribution < 1.29 is 19.7 Å². The topological polar surface area (TPSA) is 70.0 Å². The lowest BCUT2D eigenvalue weighted by atomic mass is 10.2. The third-order valence-electron chi connectivity index (χ3n) is 1.99. The van der Waals surface area contributed by atoms with Crippen molar-refractivity contribution in [2.45, 2.75) is 25.6 Å². The van der Waals surface area contributed by atoms with Crippen molar-refractivity contribution in [3.8, 4) is 0 Å². The maximum Gasteiger partial charge on any atom is 0.409 e. The van der Waals surface area contributed by atoms with E-state index >= 15 is 0 Å². The molecule has 0 aliphatic carbocycles. The van der Waals surface area contributed by atoms with Gasteiger partial charge in [-0.05, 0) is 13.8 Å². The SMILES string of the molecule is CC1(C)OC[C@@H](CO)N1C(=O)O. The first-order valence-electron chi connectivity index (χ1n) is 3.76. The third-order valence-corrected chi connectivity index (χ3v) is 1.99. The largest absolute Gasteiger partial charge is 0.465 e. The molecule has 0 saturated carbocycles. The molecule has 1 amide bonds. The zero-order valence-corrected chi connectivity index (χ0v) is 7.15. The highest BCUT2D eigenvalue weighted by molar-refractivity contribution is 5.66. The quantitative estimate of drug-likeness (QED) is 0.592. The number of ether oxygens (including phenoxy) is 1. The molecule has 0 unspecified atom stereocenters. The minimum Gasteiger partial charge on any atom is -0.465 e. The molecule has 5 nitrogen and oxygen atoms in total. The fraction of sp³-hybridized carbons (Fsp3) is 0.857. The van der Waals surface area contributed by atoms with Crippen LogP contribution in [-0.2, 0) is 4.74 Å². The molecule has 0 bridgehead atoms. The molecule has 0 aromatic heterocycles. The van der Waals surface area contributed by atoms with Gasteiger partial charge in [-0.3, -0.25) is 4.90 Å². The monoisotopic (exact) mass is 175 g/mol. The molecule has 0 radical (unpaired) electrons. The smallest absolute Gasteiger partial charge is 0.409 e. The fourth-order valence-electron chi connectivity index (χ4n) is 1.40. The second-order valence-electron chi connectivity index (χ2n) is 3.25. The van der Waals surface area contributed by atoms with E-state index in [0.717, 1.165) is 4.90 Å². The van der Waals surface area contributed by atoms with Crippen LogP contribution in [0.3, 0.4) is 0 Å². The predicted molar refractivity (Wildman–Crippen MR) is 40.8 cm³/mol. The van der Waals surface area contributed by atoms with Crippen LogP contribution in [0.2, 0.25) is 0 Å². The zero-order chi connectivity index (χ0) is 9.35. The highest BCUT2D eigenvalue weighted by Crippen LogP contribution is 2.26. The summed E-state index contributed by atoms with van der Waals surface area (Å²) in [5, 5.41) is 17.6. The number of hydrogen-bond acceptors (Lipinski definition) is 3. The average molecular weight is 175 g/mol. The molecule has 1 fully saturated rings. The van der Waals surface area contributed by atoms with Crippen molar-refractivity contribution in [2.24, 2.45) is 0 Å². The van der Waals surface area contributed by atoms with E-state index in [1.165, 1.54) is 0 Å². The standard InChI is InChI=1S/C7H13NO4/c1-7(2)8(6(10)11)5(3-9)4-12-7/h5,9H,3-4H2,1-2H3,(H,10,11)/t5-/m1/s1. The van der Waals surface area contributed by atoms with Crippen molar-refractivity contribution >= 4 is 6.09 Å². The summed E-state index contributed by atoms with van der Waals surface area (Å²) in [6, 6.07) is -0.433. The number of nitrogens with zero attached hydrogens (tertiary/aromatic N) is 1. The Morgan fingerprint density at radius 2 is 2.33 bits per heavy atom.